The van der Waals surface area contributed by atoms with Crippen LogP contribution in [0.3, 0.4) is 0 Å². The van der Waals surface area contributed by atoms with Crippen molar-refractivity contribution in [2.75, 3.05) is 31.1 Å². The molecule has 1 saturated carbocycles. The van der Waals surface area contributed by atoms with Gasteiger partial charge in [0, 0.05) is 38.3 Å². The second-order valence-corrected chi connectivity index (χ2v) is 7.19. The van der Waals surface area contributed by atoms with E-state index >= 15 is 0 Å². The first-order chi connectivity index (χ1) is 12.7. The predicted octanol–water partition coefficient (Wildman–Crippen LogP) is 3.78. The largest absolute Gasteiger partial charge is 0.439 e. The van der Waals surface area contributed by atoms with Gasteiger partial charge < -0.3 is 9.64 Å². The molecule has 0 N–H and O–H groups in total. The molecule has 0 amide bonds. The molecule has 1 aliphatic heterocycles. The van der Waals surface area contributed by atoms with Crippen molar-refractivity contribution in [3.63, 3.8) is 0 Å². The third kappa shape index (κ3) is 3.80. The van der Waals surface area contributed by atoms with Gasteiger partial charge in [0.2, 0.25) is 5.88 Å². The summed E-state index contributed by atoms with van der Waals surface area (Å²) in [5.74, 6) is 1.73. The van der Waals surface area contributed by atoms with Gasteiger partial charge in [-0.1, -0.05) is 12.8 Å². The smallest absolute Gasteiger partial charge is 0.224 e. The van der Waals surface area contributed by atoms with Gasteiger partial charge in [0.25, 0.3) is 0 Å². The number of benzene rings is 1. The van der Waals surface area contributed by atoms with Crippen LogP contribution in [0.15, 0.2) is 30.6 Å². The molecule has 0 spiro atoms. The zero-order chi connectivity index (χ0) is 17.9. The van der Waals surface area contributed by atoms with Gasteiger partial charge in [0.05, 0.1) is 0 Å². The Morgan fingerprint density at radius 3 is 2.54 bits per heavy atom. The standard InChI is InChI=1S/C20H25FN4O/c1-15-12-16(21)6-7-18(15)26-20-13-19(22-14-23-20)25-10-8-24(9-11-25)17-4-2-3-5-17/h6-7,12-14,17H,2-5,8-11H2,1H3. The van der Waals surface area contributed by atoms with E-state index in [0.717, 1.165) is 43.6 Å². The maximum absolute atomic E-state index is 13.2. The van der Waals surface area contributed by atoms with Gasteiger partial charge in [0.1, 0.15) is 23.7 Å². The van der Waals surface area contributed by atoms with E-state index in [1.807, 2.05) is 13.0 Å². The number of hydrogen-bond donors (Lipinski definition) is 0. The molecule has 2 aliphatic rings. The van der Waals surface area contributed by atoms with Crippen LogP contribution in [-0.4, -0.2) is 47.1 Å². The monoisotopic (exact) mass is 356 g/mol. The van der Waals surface area contributed by atoms with E-state index < -0.39 is 0 Å². The molecule has 138 valence electrons. The highest BCUT2D eigenvalue weighted by molar-refractivity contribution is 5.43. The Kier molecular flexibility index (Phi) is 5.02. The van der Waals surface area contributed by atoms with E-state index in [-0.39, 0.29) is 5.82 Å². The Morgan fingerprint density at radius 1 is 1.04 bits per heavy atom. The molecule has 1 aliphatic carbocycles. The number of ether oxygens (including phenoxy) is 1. The molecule has 0 unspecified atom stereocenters. The lowest BCUT2D eigenvalue weighted by Crippen LogP contribution is -2.50. The summed E-state index contributed by atoms with van der Waals surface area (Å²) >= 11 is 0. The van der Waals surface area contributed by atoms with E-state index in [9.17, 15) is 4.39 Å². The molecule has 26 heavy (non-hydrogen) atoms. The fourth-order valence-electron chi connectivity index (χ4n) is 3.98. The molecule has 4 rings (SSSR count). The highest BCUT2D eigenvalue weighted by Crippen LogP contribution is 2.28. The van der Waals surface area contributed by atoms with Gasteiger partial charge in [-0.15, -0.1) is 0 Å². The van der Waals surface area contributed by atoms with E-state index in [4.69, 9.17) is 4.74 Å². The number of halogens is 1. The number of aryl methyl sites for hydroxylation is 1. The van der Waals surface area contributed by atoms with Crippen molar-refractivity contribution in [1.29, 1.82) is 0 Å². The molecule has 1 saturated heterocycles. The third-order valence-corrected chi connectivity index (χ3v) is 5.46. The van der Waals surface area contributed by atoms with Gasteiger partial charge in [-0.2, -0.15) is 0 Å². The fourth-order valence-corrected chi connectivity index (χ4v) is 3.98. The Balaban J connectivity index is 1.41. The van der Waals surface area contributed by atoms with Crippen molar-refractivity contribution < 1.29 is 9.13 Å². The molecule has 2 fully saturated rings. The van der Waals surface area contributed by atoms with E-state index in [1.165, 1.54) is 44.1 Å². The van der Waals surface area contributed by atoms with Gasteiger partial charge in [-0.3, -0.25) is 4.90 Å². The third-order valence-electron chi connectivity index (χ3n) is 5.46. The minimum Gasteiger partial charge on any atom is -0.439 e. The molecular formula is C20H25FN4O. The molecule has 5 nitrogen and oxygen atoms in total. The quantitative estimate of drug-likeness (QED) is 0.834. The Labute approximate surface area is 153 Å². The molecule has 1 aromatic carbocycles. The summed E-state index contributed by atoms with van der Waals surface area (Å²) in [5, 5.41) is 0. The van der Waals surface area contributed by atoms with Gasteiger partial charge in [0.15, 0.2) is 0 Å². The molecule has 2 heterocycles. The van der Waals surface area contributed by atoms with Crippen molar-refractivity contribution in [2.45, 2.75) is 38.6 Å². The van der Waals surface area contributed by atoms with Crippen molar-refractivity contribution in [3.05, 3.63) is 42.0 Å². The molecule has 6 heteroatoms. The second-order valence-electron chi connectivity index (χ2n) is 7.19. The van der Waals surface area contributed by atoms with Crippen LogP contribution in [0.1, 0.15) is 31.2 Å². The van der Waals surface area contributed by atoms with E-state index in [0.29, 0.717) is 11.6 Å². The summed E-state index contributed by atoms with van der Waals surface area (Å²) in [6.07, 6.45) is 6.98. The number of aromatic nitrogens is 2. The normalized spacial score (nSPS) is 19.1. The lowest BCUT2D eigenvalue weighted by molar-refractivity contribution is 0.187. The van der Waals surface area contributed by atoms with Gasteiger partial charge in [-0.25, -0.2) is 14.4 Å². The van der Waals surface area contributed by atoms with Crippen LogP contribution in [0.4, 0.5) is 10.2 Å². The number of anilines is 1. The van der Waals surface area contributed by atoms with Crippen molar-refractivity contribution in [2.24, 2.45) is 0 Å². The number of rotatable bonds is 4. The van der Waals surface area contributed by atoms with Crippen LogP contribution in [0, 0.1) is 12.7 Å². The summed E-state index contributed by atoms with van der Waals surface area (Å²) in [6, 6.07) is 7.13. The minimum absolute atomic E-state index is 0.265. The van der Waals surface area contributed by atoms with E-state index in [1.54, 1.807) is 6.07 Å². The lowest BCUT2D eigenvalue weighted by atomic mass is 10.2. The summed E-state index contributed by atoms with van der Waals surface area (Å²) in [5.41, 5.74) is 0.746. The zero-order valence-corrected chi connectivity index (χ0v) is 15.2. The van der Waals surface area contributed by atoms with Crippen molar-refractivity contribution in [3.8, 4) is 11.6 Å². The minimum atomic E-state index is -0.265. The van der Waals surface area contributed by atoms with E-state index in [2.05, 4.69) is 19.8 Å². The average molecular weight is 356 g/mol. The average Bonchev–Trinajstić information content (AvgIpc) is 3.19. The Bertz CT molecular complexity index is 755. The molecule has 1 aromatic heterocycles. The topological polar surface area (TPSA) is 41.5 Å². The molecular weight excluding hydrogens is 331 g/mol. The summed E-state index contributed by atoms with van der Waals surface area (Å²) in [6.45, 7) is 5.94. The van der Waals surface area contributed by atoms with Gasteiger partial charge >= 0.3 is 0 Å². The van der Waals surface area contributed by atoms with Crippen LogP contribution >= 0.6 is 0 Å². The molecule has 0 radical (unpaired) electrons. The zero-order valence-electron chi connectivity index (χ0n) is 15.2. The Morgan fingerprint density at radius 2 is 1.81 bits per heavy atom. The summed E-state index contributed by atoms with van der Waals surface area (Å²) < 4.78 is 19.1. The van der Waals surface area contributed by atoms with Gasteiger partial charge in [-0.05, 0) is 43.5 Å². The van der Waals surface area contributed by atoms with Crippen LogP contribution < -0.4 is 9.64 Å². The maximum atomic E-state index is 13.2. The van der Waals surface area contributed by atoms with Crippen LogP contribution in [0.2, 0.25) is 0 Å². The second kappa shape index (κ2) is 7.58. The SMILES string of the molecule is Cc1cc(F)ccc1Oc1cc(N2CCN(C3CCCC3)CC2)ncn1. The molecule has 0 atom stereocenters. The summed E-state index contributed by atoms with van der Waals surface area (Å²) in [7, 11) is 0. The summed E-state index contributed by atoms with van der Waals surface area (Å²) in [4.78, 5) is 13.5. The maximum Gasteiger partial charge on any atom is 0.224 e. The lowest BCUT2D eigenvalue weighted by Gasteiger charge is -2.38. The predicted molar refractivity (Wildman–Crippen MR) is 99.3 cm³/mol. The number of hydrogen-bond acceptors (Lipinski definition) is 5. The van der Waals surface area contributed by atoms with Crippen molar-refractivity contribution >= 4 is 5.82 Å². The first-order valence-electron chi connectivity index (χ1n) is 9.44. The fraction of sp³-hybridized carbons (Fsp3) is 0.500. The first kappa shape index (κ1) is 17.2. The van der Waals surface area contributed by atoms with Crippen molar-refractivity contribution in [1.82, 2.24) is 14.9 Å². The molecule has 2 aromatic rings. The number of nitrogens with zero attached hydrogens (tertiary/aromatic N) is 4. The highest BCUT2D eigenvalue weighted by Gasteiger charge is 2.26. The van der Waals surface area contributed by atoms with Crippen LogP contribution in [-0.2, 0) is 0 Å². The van der Waals surface area contributed by atoms with Crippen LogP contribution in [0.5, 0.6) is 11.6 Å². The highest BCUT2D eigenvalue weighted by atomic mass is 19.1. The van der Waals surface area contributed by atoms with Crippen LogP contribution in [0.25, 0.3) is 0 Å². The Hall–Kier alpha value is -2.21. The first-order valence-corrected chi connectivity index (χ1v) is 9.44. The number of piperazine rings is 1. The molecule has 0 bridgehead atoms.